The van der Waals surface area contributed by atoms with Crippen LogP contribution in [-0.4, -0.2) is 71.7 Å². The van der Waals surface area contributed by atoms with E-state index in [1.54, 1.807) is 33.3 Å². The summed E-state index contributed by atoms with van der Waals surface area (Å²) in [6, 6.07) is 40.9. The van der Waals surface area contributed by atoms with E-state index in [1.165, 1.54) is 5.56 Å². The summed E-state index contributed by atoms with van der Waals surface area (Å²) in [5.74, 6) is 1.07. The summed E-state index contributed by atoms with van der Waals surface area (Å²) in [6.07, 6.45) is 9.11. The van der Waals surface area contributed by atoms with Gasteiger partial charge in [0.25, 0.3) is 0 Å². The third-order valence-electron chi connectivity index (χ3n) is 29.0. The summed E-state index contributed by atoms with van der Waals surface area (Å²) >= 11 is 0. The van der Waals surface area contributed by atoms with Gasteiger partial charge in [-0.05, 0) is 258 Å². The van der Waals surface area contributed by atoms with E-state index < -0.39 is 0 Å². The molecule has 1 aliphatic rings. The van der Waals surface area contributed by atoms with E-state index in [-0.39, 0.29) is 151 Å². The van der Waals surface area contributed by atoms with Crippen molar-refractivity contribution in [3.05, 3.63) is 266 Å². The summed E-state index contributed by atoms with van der Waals surface area (Å²) < 4.78 is -0.250. The monoisotopic (exact) mass is 1650 g/mol. The third-order valence-corrected chi connectivity index (χ3v) is 29.0. The van der Waals surface area contributed by atoms with E-state index in [0.717, 1.165) is 102 Å². The fourth-order valence-corrected chi connectivity index (χ4v) is 15.8. The lowest BCUT2D eigenvalue weighted by Crippen LogP contribution is -2.25. The first-order valence-corrected chi connectivity index (χ1v) is 45.0. The number of phenolic OH excluding ortho intramolecular Hbond substituents is 9. The summed E-state index contributed by atoms with van der Waals surface area (Å²) in [7, 11) is 4.71. The van der Waals surface area contributed by atoms with E-state index in [4.69, 9.17) is 5.11 Å². The zero-order valence-corrected chi connectivity index (χ0v) is 79.9. The SMILES string of the molecule is CCC(C)(C)c1cc2c(O)c(c1)Cc1cc(C(C)(C)CC)cc(c1O)Cc1cc(C(C)(C)CC)cc(c1O)Cc1cc(C(C)(C)CC)cc(c1O)Cc1cc(C(C)(C)CC)cc(c1O)Cc1cc(C(C)(C)CC)cc(c1O)Cc1cc(C(C)(C)CC)cc(c1O)Cc1cc(C(C)(C)CC)cc(c1O)C2.CCC(C)(C)c1ccc(O)cc1.C[N+](C)(C)[O-]. The number of quaternary nitrogens is 1. The Hall–Kier alpha value is -8.90. The summed E-state index contributed by atoms with van der Waals surface area (Å²) in [5, 5.41) is 123. The molecule has 16 bridgehead atoms. The average Bonchev–Trinajstić information content (AvgIpc) is 0.771. The molecule has 9 aromatic carbocycles. The molecule has 0 aromatic heterocycles. The van der Waals surface area contributed by atoms with Crippen molar-refractivity contribution in [1.82, 2.24) is 0 Å². The summed E-state index contributed by atoms with van der Waals surface area (Å²) in [6.45, 7) is 59.4. The predicted molar refractivity (Wildman–Crippen MR) is 507 cm³/mol. The Morgan fingerprint density at radius 2 is 0.289 bits per heavy atom. The van der Waals surface area contributed by atoms with Crippen LogP contribution in [0.1, 0.15) is 384 Å². The number of phenols is 9. The van der Waals surface area contributed by atoms with Crippen LogP contribution in [0.5, 0.6) is 51.7 Å². The third kappa shape index (κ3) is 22.6. The van der Waals surface area contributed by atoms with Gasteiger partial charge in [0.1, 0.15) is 51.7 Å². The van der Waals surface area contributed by atoms with Crippen LogP contribution >= 0.6 is 0 Å². The molecule has 0 amide bonds. The Kier molecular flexibility index (Phi) is 30.0. The van der Waals surface area contributed by atoms with Crippen LogP contribution in [0.25, 0.3) is 0 Å². The van der Waals surface area contributed by atoms with Crippen LogP contribution in [0.2, 0.25) is 0 Å². The molecule has 0 heterocycles. The molecular formula is C110H153NO10. The number of rotatable bonds is 18. The predicted octanol–water partition coefficient (Wildman–Crippen LogP) is 27.1. The highest BCUT2D eigenvalue weighted by Gasteiger charge is 2.34. The van der Waals surface area contributed by atoms with Gasteiger partial charge < -0.3 is 55.8 Å². The molecule has 0 aliphatic heterocycles. The molecule has 0 fully saturated rings. The fraction of sp³-hybridized carbons (Fsp3) is 0.509. The van der Waals surface area contributed by atoms with Crippen LogP contribution < -0.4 is 0 Å². The number of nitrogens with zero attached hydrogens (tertiary/aromatic N) is 1. The largest absolute Gasteiger partial charge is 0.633 e. The maximum absolute atomic E-state index is 13.0. The van der Waals surface area contributed by atoms with Crippen LogP contribution in [-0.2, 0) is 100 Å². The number of hydrogen-bond acceptors (Lipinski definition) is 10. The van der Waals surface area contributed by atoms with E-state index in [0.29, 0.717) is 94.8 Å². The molecule has 11 heteroatoms. The lowest BCUT2D eigenvalue weighted by atomic mass is 9.76. The van der Waals surface area contributed by atoms with Gasteiger partial charge in [0.2, 0.25) is 0 Å². The molecule has 0 saturated heterocycles. The lowest BCUT2D eigenvalue weighted by molar-refractivity contribution is -0.818. The van der Waals surface area contributed by atoms with Gasteiger partial charge in [-0.15, -0.1) is 0 Å². The van der Waals surface area contributed by atoms with Crippen molar-refractivity contribution in [2.45, 2.75) is 345 Å². The second kappa shape index (κ2) is 37.3. The minimum absolute atomic E-state index is 0.0909. The van der Waals surface area contributed by atoms with Gasteiger partial charge in [0.05, 0.1) is 21.1 Å². The van der Waals surface area contributed by atoms with Gasteiger partial charge in [-0.25, -0.2) is 0 Å². The molecule has 0 atom stereocenters. The molecule has 0 radical (unpaired) electrons. The first-order chi connectivity index (χ1) is 55.9. The molecule has 10 rings (SSSR count). The molecule has 11 nitrogen and oxygen atoms in total. The Morgan fingerprint density at radius 1 is 0.198 bits per heavy atom. The number of hydroxylamine groups is 3. The van der Waals surface area contributed by atoms with E-state index in [9.17, 15) is 46.1 Å². The van der Waals surface area contributed by atoms with Crippen LogP contribution in [0, 0.1) is 5.21 Å². The molecule has 658 valence electrons. The quantitative estimate of drug-likeness (QED) is 0.0294. The highest BCUT2D eigenvalue weighted by molar-refractivity contribution is 5.62. The minimum Gasteiger partial charge on any atom is -0.633 e. The average molecular weight is 1650 g/mol. The van der Waals surface area contributed by atoms with Gasteiger partial charge in [-0.3, -0.25) is 0 Å². The topological polar surface area (TPSA) is 205 Å². The highest BCUT2D eigenvalue weighted by Crippen LogP contribution is 2.49. The second-order valence-electron chi connectivity index (χ2n) is 42.1. The molecule has 9 N–H and O–H groups in total. The maximum atomic E-state index is 13.0. The normalized spacial score (nSPS) is 13.7. The highest BCUT2D eigenvalue weighted by atomic mass is 16.5. The van der Waals surface area contributed by atoms with Crippen molar-refractivity contribution < 1.29 is 50.6 Å². The number of aromatic hydroxyl groups is 9. The van der Waals surface area contributed by atoms with Crippen molar-refractivity contribution in [2.24, 2.45) is 0 Å². The van der Waals surface area contributed by atoms with Crippen molar-refractivity contribution in [3.8, 4) is 51.7 Å². The fourth-order valence-electron chi connectivity index (χ4n) is 15.8. The van der Waals surface area contributed by atoms with Crippen molar-refractivity contribution in [1.29, 1.82) is 0 Å². The van der Waals surface area contributed by atoms with Gasteiger partial charge in [0.15, 0.2) is 0 Å². The van der Waals surface area contributed by atoms with Crippen LogP contribution in [0.3, 0.4) is 0 Å². The number of hydrogen-bond donors (Lipinski definition) is 9. The molecule has 0 unspecified atom stereocenters. The standard InChI is InChI=1S/C96H128O8.C11H16O.C3H9NO/c1-25-89(9,10)73-41-57-33-59-43-74(90(11,12)26-2)45-61(82(59)98)35-63-47-76(92(15,16)28-4)49-65(84(63)100)37-67-51-78(94(19,20)30-6)53-69(86(67)102)39-71-55-80(96(23,24)32-8)56-72(88(71)104)40-70-54-79(95(21,22)31-7)52-68(87(70)103)38-66-50-77(93(17,18)29-5)48-64(85(66)101)36-62-46-75(91(13,14)27-3)44-60(83(62)99)34-58(42-73)81(57)97;1-4-11(2,3)9-5-7-10(12)8-6-9;1-4(2,3)5/h41-56,97-104H,25-40H2,1-24H3;5-8,12H,4H2,1-3H3;1-3H3. The van der Waals surface area contributed by atoms with Gasteiger partial charge in [-0.1, -0.05) is 296 Å². The number of fused-ring (bicyclic) bond motifs is 16. The van der Waals surface area contributed by atoms with Crippen LogP contribution in [0.4, 0.5) is 0 Å². The minimum atomic E-state index is -0.327. The molecule has 0 saturated carbocycles. The maximum Gasteiger partial charge on any atom is 0.122 e. The van der Waals surface area contributed by atoms with Gasteiger partial charge in [-0.2, -0.15) is 0 Å². The lowest BCUT2D eigenvalue weighted by Gasteiger charge is -2.29. The number of benzene rings is 9. The molecule has 9 aromatic rings. The summed E-state index contributed by atoms with van der Waals surface area (Å²) in [4.78, 5) is 0. The Morgan fingerprint density at radius 3 is 0.380 bits per heavy atom. The van der Waals surface area contributed by atoms with Crippen molar-refractivity contribution in [2.75, 3.05) is 21.1 Å². The zero-order valence-electron chi connectivity index (χ0n) is 79.9. The Bertz CT molecular complexity index is 4110. The smallest absolute Gasteiger partial charge is 0.122 e. The molecule has 121 heavy (non-hydrogen) atoms. The van der Waals surface area contributed by atoms with Crippen molar-refractivity contribution in [3.63, 3.8) is 0 Å². The Labute approximate surface area is 729 Å². The van der Waals surface area contributed by atoms with E-state index in [2.05, 4.69) is 284 Å². The zero-order chi connectivity index (χ0) is 90.8. The van der Waals surface area contributed by atoms with Crippen LogP contribution in [0.15, 0.2) is 121 Å². The first-order valence-electron chi connectivity index (χ1n) is 45.0. The second-order valence-corrected chi connectivity index (χ2v) is 42.1. The van der Waals surface area contributed by atoms with Gasteiger partial charge >= 0.3 is 0 Å². The van der Waals surface area contributed by atoms with E-state index in [1.807, 2.05) is 12.1 Å². The molecule has 0 spiro atoms. The Balaban J connectivity index is 0.000000958. The molecular weight excluding hydrogens is 1500 g/mol. The first kappa shape index (κ1) is 97.5. The molecule has 1 aliphatic carbocycles. The van der Waals surface area contributed by atoms with Gasteiger partial charge in [0, 0.05) is 51.4 Å². The van der Waals surface area contributed by atoms with E-state index >= 15 is 0 Å². The van der Waals surface area contributed by atoms with Crippen molar-refractivity contribution >= 4 is 0 Å². The summed E-state index contributed by atoms with van der Waals surface area (Å²) in [5.41, 5.74) is 17.4.